The van der Waals surface area contributed by atoms with Gasteiger partial charge in [0.05, 0.1) is 23.5 Å². The van der Waals surface area contributed by atoms with E-state index in [0.717, 1.165) is 5.56 Å². The van der Waals surface area contributed by atoms with Crippen molar-refractivity contribution in [3.8, 4) is 0 Å². The number of thioether (sulfide) groups is 1. The van der Waals surface area contributed by atoms with Crippen molar-refractivity contribution in [1.82, 2.24) is 5.32 Å². The van der Waals surface area contributed by atoms with E-state index in [-0.39, 0.29) is 11.6 Å². The van der Waals surface area contributed by atoms with Gasteiger partial charge in [-0.1, -0.05) is 12.1 Å². The van der Waals surface area contributed by atoms with Gasteiger partial charge < -0.3 is 9.73 Å². The van der Waals surface area contributed by atoms with Gasteiger partial charge in [-0.05, 0) is 17.7 Å². The molecule has 0 bridgehead atoms. The monoisotopic (exact) mass is 306 g/mol. The third kappa shape index (κ3) is 4.96. The van der Waals surface area contributed by atoms with Gasteiger partial charge in [-0.3, -0.25) is 14.9 Å². The van der Waals surface area contributed by atoms with Crippen molar-refractivity contribution in [2.45, 2.75) is 12.3 Å². The highest BCUT2D eigenvalue weighted by molar-refractivity contribution is 7.99. The van der Waals surface area contributed by atoms with E-state index in [1.807, 2.05) is 0 Å². The number of nitrogens with zero attached hydrogens (tertiary/aromatic N) is 1. The molecule has 6 nitrogen and oxygen atoms in total. The van der Waals surface area contributed by atoms with Gasteiger partial charge >= 0.3 is 0 Å². The number of carbonyl (C=O) groups is 1. The molecule has 0 aliphatic heterocycles. The highest BCUT2D eigenvalue weighted by Crippen LogP contribution is 2.16. The summed E-state index contributed by atoms with van der Waals surface area (Å²) >= 11 is 1.45. The molecule has 1 aromatic heterocycles. The van der Waals surface area contributed by atoms with Gasteiger partial charge in [0.15, 0.2) is 0 Å². The second-order valence-electron chi connectivity index (χ2n) is 4.27. The van der Waals surface area contributed by atoms with Crippen LogP contribution < -0.4 is 5.32 Å². The lowest BCUT2D eigenvalue weighted by atomic mass is 10.2. The zero-order valence-electron chi connectivity index (χ0n) is 11.2. The van der Waals surface area contributed by atoms with Crippen molar-refractivity contribution in [3.05, 3.63) is 64.1 Å². The van der Waals surface area contributed by atoms with Gasteiger partial charge in [-0.25, -0.2) is 0 Å². The first kappa shape index (κ1) is 15.1. The van der Waals surface area contributed by atoms with E-state index in [9.17, 15) is 14.9 Å². The summed E-state index contributed by atoms with van der Waals surface area (Å²) in [5.74, 6) is 1.60. The smallest absolute Gasteiger partial charge is 0.269 e. The SMILES string of the molecule is O=C(CSCc1ccc([N+](=O)[O-])cc1)NCc1ccco1. The molecule has 1 N–H and O–H groups in total. The maximum absolute atomic E-state index is 11.6. The molecular weight excluding hydrogens is 292 g/mol. The van der Waals surface area contributed by atoms with Crippen LogP contribution in [-0.4, -0.2) is 16.6 Å². The molecule has 21 heavy (non-hydrogen) atoms. The number of hydrogen-bond acceptors (Lipinski definition) is 5. The molecule has 0 radical (unpaired) electrons. The van der Waals surface area contributed by atoms with Crippen LogP contribution in [0.1, 0.15) is 11.3 Å². The Morgan fingerprint density at radius 1 is 1.29 bits per heavy atom. The van der Waals surface area contributed by atoms with E-state index >= 15 is 0 Å². The topological polar surface area (TPSA) is 85.4 Å². The summed E-state index contributed by atoms with van der Waals surface area (Å²) in [6, 6.07) is 9.90. The highest BCUT2D eigenvalue weighted by atomic mass is 32.2. The third-order valence-corrected chi connectivity index (χ3v) is 3.69. The summed E-state index contributed by atoms with van der Waals surface area (Å²) in [5.41, 5.74) is 1.02. The average Bonchev–Trinajstić information content (AvgIpc) is 2.99. The van der Waals surface area contributed by atoms with Crippen LogP contribution in [0.4, 0.5) is 5.69 Å². The highest BCUT2D eigenvalue weighted by Gasteiger charge is 2.06. The Kier molecular flexibility index (Phi) is 5.39. The lowest BCUT2D eigenvalue weighted by molar-refractivity contribution is -0.384. The van der Waals surface area contributed by atoms with Crippen molar-refractivity contribution in [2.24, 2.45) is 0 Å². The maximum atomic E-state index is 11.6. The molecule has 7 heteroatoms. The van der Waals surface area contributed by atoms with Crippen LogP contribution in [0.15, 0.2) is 47.1 Å². The Morgan fingerprint density at radius 2 is 2.05 bits per heavy atom. The van der Waals surface area contributed by atoms with Crippen molar-refractivity contribution in [2.75, 3.05) is 5.75 Å². The van der Waals surface area contributed by atoms with Gasteiger partial charge in [-0.15, -0.1) is 11.8 Å². The van der Waals surface area contributed by atoms with Gasteiger partial charge in [0.25, 0.3) is 5.69 Å². The van der Waals surface area contributed by atoms with Crippen LogP contribution in [0.3, 0.4) is 0 Å². The van der Waals surface area contributed by atoms with Crippen LogP contribution in [0, 0.1) is 10.1 Å². The Labute approximate surface area is 125 Å². The number of hydrogen-bond donors (Lipinski definition) is 1. The molecule has 2 rings (SSSR count). The molecule has 0 spiro atoms. The zero-order valence-corrected chi connectivity index (χ0v) is 12.0. The molecular formula is C14H14N2O4S. The molecule has 0 saturated heterocycles. The van der Waals surface area contributed by atoms with E-state index in [1.165, 1.54) is 23.9 Å². The predicted octanol–water partition coefficient (Wildman–Crippen LogP) is 2.74. The van der Waals surface area contributed by atoms with Gasteiger partial charge in [0.2, 0.25) is 5.91 Å². The van der Waals surface area contributed by atoms with Crippen LogP contribution in [0.5, 0.6) is 0 Å². The summed E-state index contributed by atoms with van der Waals surface area (Å²) in [6.07, 6.45) is 1.56. The minimum atomic E-state index is -0.432. The quantitative estimate of drug-likeness (QED) is 0.628. The Balaban J connectivity index is 1.68. The second-order valence-corrected chi connectivity index (χ2v) is 5.26. The lowest BCUT2D eigenvalue weighted by Gasteiger charge is -2.03. The average molecular weight is 306 g/mol. The molecule has 0 fully saturated rings. The van der Waals surface area contributed by atoms with E-state index < -0.39 is 4.92 Å². The summed E-state index contributed by atoms with van der Waals surface area (Å²) in [5, 5.41) is 13.3. The van der Waals surface area contributed by atoms with Crippen LogP contribution >= 0.6 is 11.8 Å². The molecule has 0 saturated carbocycles. The minimum Gasteiger partial charge on any atom is -0.467 e. The number of non-ortho nitro benzene ring substituents is 1. The van der Waals surface area contributed by atoms with E-state index in [2.05, 4.69) is 5.32 Å². The molecule has 1 aromatic carbocycles. The first-order valence-corrected chi connectivity index (χ1v) is 7.41. The standard InChI is InChI=1S/C14H14N2O4S/c17-14(15-8-13-2-1-7-20-13)10-21-9-11-3-5-12(6-4-11)16(18)19/h1-7H,8-10H2,(H,15,17). The predicted molar refractivity (Wildman–Crippen MR) is 79.8 cm³/mol. The normalized spacial score (nSPS) is 10.3. The van der Waals surface area contributed by atoms with E-state index in [0.29, 0.717) is 23.8 Å². The fourth-order valence-electron chi connectivity index (χ4n) is 1.63. The maximum Gasteiger partial charge on any atom is 0.269 e. The number of rotatable bonds is 7. The molecule has 1 heterocycles. The van der Waals surface area contributed by atoms with Crippen LogP contribution in [0.2, 0.25) is 0 Å². The second kappa shape index (κ2) is 7.49. The Bertz CT molecular complexity index is 596. The third-order valence-electron chi connectivity index (χ3n) is 2.69. The van der Waals surface area contributed by atoms with Gasteiger partial charge in [0.1, 0.15) is 5.76 Å². The van der Waals surface area contributed by atoms with Crippen molar-refractivity contribution in [3.63, 3.8) is 0 Å². The lowest BCUT2D eigenvalue weighted by Crippen LogP contribution is -2.24. The number of nitro benzene ring substituents is 1. The summed E-state index contributed by atoms with van der Waals surface area (Å²) < 4.78 is 5.11. The molecule has 0 aliphatic carbocycles. The fourth-order valence-corrected chi connectivity index (χ4v) is 2.44. The molecule has 0 aliphatic rings. The molecule has 0 unspecified atom stereocenters. The summed E-state index contributed by atoms with van der Waals surface area (Å²) in [4.78, 5) is 21.7. The fraction of sp³-hybridized carbons (Fsp3) is 0.214. The number of furan rings is 1. The van der Waals surface area contributed by atoms with Gasteiger partial charge in [-0.2, -0.15) is 0 Å². The Morgan fingerprint density at radius 3 is 2.67 bits per heavy atom. The number of amides is 1. The first-order valence-electron chi connectivity index (χ1n) is 6.25. The van der Waals surface area contributed by atoms with E-state index in [4.69, 9.17) is 4.42 Å². The number of carbonyl (C=O) groups excluding carboxylic acids is 1. The van der Waals surface area contributed by atoms with Crippen molar-refractivity contribution >= 4 is 23.4 Å². The van der Waals surface area contributed by atoms with Crippen molar-refractivity contribution < 1.29 is 14.1 Å². The number of benzene rings is 1. The molecule has 2 aromatic rings. The van der Waals surface area contributed by atoms with Crippen LogP contribution in [-0.2, 0) is 17.1 Å². The number of nitrogens with one attached hydrogen (secondary N) is 1. The molecule has 110 valence electrons. The Hall–Kier alpha value is -2.28. The van der Waals surface area contributed by atoms with Crippen molar-refractivity contribution in [1.29, 1.82) is 0 Å². The first-order chi connectivity index (χ1) is 10.1. The summed E-state index contributed by atoms with van der Waals surface area (Å²) in [7, 11) is 0. The zero-order chi connectivity index (χ0) is 15.1. The molecule has 1 amide bonds. The summed E-state index contributed by atoms with van der Waals surface area (Å²) in [6.45, 7) is 0.379. The molecule has 0 atom stereocenters. The van der Waals surface area contributed by atoms with Gasteiger partial charge in [0, 0.05) is 17.9 Å². The number of nitro groups is 1. The minimum absolute atomic E-state index is 0.0694. The van der Waals surface area contributed by atoms with E-state index in [1.54, 1.807) is 30.5 Å². The largest absolute Gasteiger partial charge is 0.467 e. The van der Waals surface area contributed by atoms with Crippen LogP contribution in [0.25, 0.3) is 0 Å².